The van der Waals surface area contributed by atoms with Crippen molar-refractivity contribution >= 4 is 12.2 Å². The fourth-order valence-corrected chi connectivity index (χ4v) is 2.20. The molecule has 0 aromatic rings. The summed E-state index contributed by atoms with van der Waals surface area (Å²) in [4.78, 5) is 17.5. The number of aliphatic imine (C=N–C) groups is 1. The lowest BCUT2D eigenvalue weighted by Gasteiger charge is -2.36. The number of carbonyl (C=O) groups excluding carboxylic acids is 1. The van der Waals surface area contributed by atoms with E-state index in [9.17, 15) is 4.79 Å². The van der Waals surface area contributed by atoms with Gasteiger partial charge in [0.15, 0.2) is 0 Å². The smallest absolute Gasteiger partial charge is 0.253 e. The highest BCUT2D eigenvalue weighted by atomic mass is 16.2. The topological polar surface area (TPSA) is 32.7 Å². The molecule has 0 saturated carbocycles. The van der Waals surface area contributed by atoms with Crippen LogP contribution < -0.4 is 0 Å². The van der Waals surface area contributed by atoms with Gasteiger partial charge in [-0.25, -0.2) is 0 Å². The summed E-state index contributed by atoms with van der Waals surface area (Å²) in [5.74, 6) is 0.636. The van der Waals surface area contributed by atoms with E-state index in [0.717, 1.165) is 12.1 Å². The summed E-state index contributed by atoms with van der Waals surface area (Å²) in [6.45, 7) is 9.05. The van der Waals surface area contributed by atoms with E-state index < -0.39 is 0 Å². The van der Waals surface area contributed by atoms with Crippen LogP contribution in [0.15, 0.2) is 28.4 Å². The predicted molar refractivity (Wildman–Crippen MR) is 69.6 cm³/mol. The van der Waals surface area contributed by atoms with Gasteiger partial charge in [-0.3, -0.25) is 14.7 Å². The molecule has 0 fully saturated rings. The van der Waals surface area contributed by atoms with E-state index in [1.165, 1.54) is 5.57 Å². The van der Waals surface area contributed by atoms with Crippen LogP contribution in [0.5, 0.6) is 0 Å². The molecule has 0 radical (unpaired) electrons. The summed E-state index contributed by atoms with van der Waals surface area (Å²) in [6, 6.07) is 0. The van der Waals surface area contributed by atoms with Crippen LogP contribution in [0.2, 0.25) is 0 Å². The number of amides is 1. The SMILES string of the molecule is CC1=C(N2C=NCC2=O)CC(C)(C(C)C)C=C1. The zero-order chi connectivity index (χ0) is 12.6. The Kier molecular flexibility index (Phi) is 2.94. The van der Waals surface area contributed by atoms with Crippen molar-refractivity contribution in [3.8, 4) is 0 Å². The van der Waals surface area contributed by atoms with Gasteiger partial charge in [0, 0.05) is 5.70 Å². The Bertz CT molecular complexity index is 432. The molecule has 0 bridgehead atoms. The lowest BCUT2D eigenvalue weighted by Crippen LogP contribution is -2.33. The molecular formula is C14H20N2O. The molecule has 2 aliphatic rings. The van der Waals surface area contributed by atoms with Crippen molar-refractivity contribution in [2.24, 2.45) is 16.3 Å². The zero-order valence-corrected chi connectivity index (χ0v) is 11.0. The van der Waals surface area contributed by atoms with Crippen molar-refractivity contribution < 1.29 is 4.79 Å². The van der Waals surface area contributed by atoms with Gasteiger partial charge in [-0.05, 0) is 30.3 Å². The Morgan fingerprint density at radius 2 is 2.18 bits per heavy atom. The first-order chi connectivity index (χ1) is 7.94. The van der Waals surface area contributed by atoms with E-state index in [4.69, 9.17) is 0 Å². The molecule has 1 aliphatic carbocycles. The van der Waals surface area contributed by atoms with E-state index in [-0.39, 0.29) is 11.3 Å². The molecule has 1 amide bonds. The molecule has 92 valence electrons. The fraction of sp³-hybridized carbons (Fsp3) is 0.571. The predicted octanol–water partition coefficient (Wildman–Crippen LogP) is 2.75. The van der Waals surface area contributed by atoms with Gasteiger partial charge in [0.05, 0.1) is 6.34 Å². The highest BCUT2D eigenvalue weighted by molar-refractivity contribution is 5.96. The standard InChI is InChI=1S/C14H20N2O/c1-10(2)14(4)6-5-11(3)12(7-14)16-9-15-8-13(16)17/h5-6,9-10H,7-8H2,1-4H3. The second-order valence-electron chi connectivity index (χ2n) is 5.52. The number of rotatable bonds is 2. The molecule has 1 aliphatic heterocycles. The average Bonchev–Trinajstić information content (AvgIpc) is 2.68. The first-order valence-corrected chi connectivity index (χ1v) is 6.15. The largest absolute Gasteiger partial charge is 0.273 e. The Labute approximate surface area is 103 Å². The third-order valence-electron chi connectivity index (χ3n) is 4.02. The minimum absolute atomic E-state index is 0.0840. The Hall–Kier alpha value is -1.38. The van der Waals surface area contributed by atoms with E-state index in [0.29, 0.717) is 12.5 Å². The molecule has 0 spiro atoms. The fourth-order valence-electron chi connectivity index (χ4n) is 2.20. The second kappa shape index (κ2) is 4.13. The van der Waals surface area contributed by atoms with Gasteiger partial charge in [-0.15, -0.1) is 0 Å². The van der Waals surface area contributed by atoms with Crippen LogP contribution in [-0.2, 0) is 4.79 Å². The monoisotopic (exact) mass is 232 g/mol. The number of nitrogens with zero attached hydrogens (tertiary/aromatic N) is 2. The van der Waals surface area contributed by atoms with Crippen molar-refractivity contribution in [1.82, 2.24) is 4.90 Å². The molecule has 1 unspecified atom stereocenters. The summed E-state index contributed by atoms with van der Waals surface area (Å²) in [5, 5.41) is 0. The lowest BCUT2D eigenvalue weighted by atomic mass is 9.72. The van der Waals surface area contributed by atoms with Crippen molar-refractivity contribution in [3.05, 3.63) is 23.4 Å². The molecule has 3 heteroatoms. The summed E-state index contributed by atoms with van der Waals surface area (Å²) in [5.41, 5.74) is 2.41. The van der Waals surface area contributed by atoms with Crippen LogP contribution in [0, 0.1) is 11.3 Å². The maximum Gasteiger partial charge on any atom is 0.253 e. The molecule has 17 heavy (non-hydrogen) atoms. The molecular weight excluding hydrogens is 212 g/mol. The Balaban J connectivity index is 2.31. The van der Waals surface area contributed by atoms with Crippen molar-refractivity contribution in [2.45, 2.75) is 34.1 Å². The summed E-state index contributed by atoms with van der Waals surface area (Å²) >= 11 is 0. The van der Waals surface area contributed by atoms with Crippen LogP contribution in [0.25, 0.3) is 0 Å². The Morgan fingerprint density at radius 1 is 1.47 bits per heavy atom. The van der Waals surface area contributed by atoms with Gasteiger partial charge in [-0.1, -0.05) is 32.9 Å². The third-order valence-corrected chi connectivity index (χ3v) is 4.02. The molecule has 0 saturated heterocycles. The maximum atomic E-state index is 11.7. The maximum absolute atomic E-state index is 11.7. The van der Waals surface area contributed by atoms with Gasteiger partial charge < -0.3 is 0 Å². The van der Waals surface area contributed by atoms with Crippen molar-refractivity contribution in [1.29, 1.82) is 0 Å². The molecule has 0 aromatic heterocycles. The Morgan fingerprint density at radius 3 is 2.71 bits per heavy atom. The highest BCUT2D eigenvalue weighted by Gasteiger charge is 2.33. The number of hydrogen-bond donors (Lipinski definition) is 0. The van der Waals surface area contributed by atoms with E-state index in [2.05, 4.69) is 44.8 Å². The van der Waals surface area contributed by atoms with Gasteiger partial charge >= 0.3 is 0 Å². The average molecular weight is 232 g/mol. The van der Waals surface area contributed by atoms with Crippen LogP contribution in [0.4, 0.5) is 0 Å². The van der Waals surface area contributed by atoms with E-state index >= 15 is 0 Å². The lowest BCUT2D eigenvalue weighted by molar-refractivity contribution is -0.123. The summed E-state index contributed by atoms with van der Waals surface area (Å²) in [7, 11) is 0. The van der Waals surface area contributed by atoms with Gasteiger partial charge in [-0.2, -0.15) is 0 Å². The number of allylic oxidation sites excluding steroid dienone is 4. The first kappa shape index (κ1) is 12.1. The second-order valence-corrected chi connectivity index (χ2v) is 5.52. The van der Waals surface area contributed by atoms with E-state index in [1.807, 2.05) is 0 Å². The summed E-state index contributed by atoms with van der Waals surface area (Å²) in [6.07, 6.45) is 6.98. The molecule has 0 aromatic carbocycles. The van der Waals surface area contributed by atoms with Gasteiger partial charge in [0.1, 0.15) is 6.54 Å². The molecule has 1 heterocycles. The molecule has 3 nitrogen and oxygen atoms in total. The highest BCUT2D eigenvalue weighted by Crippen LogP contribution is 2.41. The molecule has 0 N–H and O–H groups in total. The number of carbonyl (C=O) groups is 1. The quantitative estimate of drug-likeness (QED) is 0.720. The van der Waals surface area contributed by atoms with Gasteiger partial charge in [0.2, 0.25) is 0 Å². The van der Waals surface area contributed by atoms with Crippen LogP contribution in [0.1, 0.15) is 34.1 Å². The summed E-state index contributed by atoms with van der Waals surface area (Å²) < 4.78 is 0. The van der Waals surface area contributed by atoms with Crippen LogP contribution >= 0.6 is 0 Å². The minimum atomic E-state index is 0.0840. The molecule has 2 rings (SSSR count). The van der Waals surface area contributed by atoms with Crippen molar-refractivity contribution in [2.75, 3.05) is 6.54 Å². The van der Waals surface area contributed by atoms with Crippen LogP contribution in [0.3, 0.4) is 0 Å². The molecule has 1 atom stereocenters. The third kappa shape index (κ3) is 2.06. The minimum Gasteiger partial charge on any atom is -0.273 e. The van der Waals surface area contributed by atoms with Crippen molar-refractivity contribution in [3.63, 3.8) is 0 Å². The number of hydrogen-bond acceptors (Lipinski definition) is 2. The zero-order valence-electron chi connectivity index (χ0n) is 11.0. The van der Waals surface area contributed by atoms with E-state index in [1.54, 1.807) is 11.2 Å². The van der Waals surface area contributed by atoms with Crippen LogP contribution in [-0.4, -0.2) is 23.7 Å². The normalized spacial score (nSPS) is 28.8. The van der Waals surface area contributed by atoms with Gasteiger partial charge in [0.25, 0.3) is 5.91 Å². The first-order valence-electron chi connectivity index (χ1n) is 6.15.